The van der Waals surface area contributed by atoms with E-state index < -0.39 is 11.9 Å². The molecule has 2 N–H and O–H groups in total. The predicted octanol–water partition coefficient (Wildman–Crippen LogP) is 2.81. The second-order valence-electron chi connectivity index (χ2n) is 6.44. The van der Waals surface area contributed by atoms with Crippen molar-refractivity contribution in [2.24, 2.45) is 4.99 Å². The zero-order chi connectivity index (χ0) is 21.2. The van der Waals surface area contributed by atoms with Crippen molar-refractivity contribution in [2.75, 3.05) is 33.9 Å². The number of halogens is 2. The van der Waals surface area contributed by atoms with Gasteiger partial charge in [0.15, 0.2) is 17.5 Å². The minimum Gasteiger partial charge on any atom is -0.494 e. The SMILES string of the molecule is CCNC(=NCC(O)COc1ccc(F)cc1)N(C)Cc1ccc(OC)c(F)c1. The maximum absolute atomic E-state index is 13.9. The minimum absolute atomic E-state index is 0.0297. The summed E-state index contributed by atoms with van der Waals surface area (Å²) in [6, 6.07) is 10.4. The molecule has 2 aromatic carbocycles. The number of nitrogens with zero attached hydrogens (tertiary/aromatic N) is 2. The Morgan fingerprint density at radius 3 is 2.55 bits per heavy atom. The fraction of sp³-hybridized carbons (Fsp3) is 0.381. The first-order valence-electron chi connectivity index (χ1n) is 9.31. The highest BCUT2D eigenvalue weighted by Crippen LogP contribution is 2.18. The van der Waals surface area contributed by atoms with Crippen LogP contribution in [-0.4, -0.2) is 55.9 Å². The molecule has 0 aliphatic carbocycles. The monoisotopic (exact) mass is 407 g/mol. The highest BCUT2D eigenvalue weighted by molar-refractivity contribution is 5.79. The molecule has 0 spiro atoms. The van der Waals surface area contributed by atoms with E-state index in [0.29, 0.717) is 24.8 Å². The lowest BCUT2D eigenvalue weighted by atomic mass is 10.2. The first-order chi connectivity index (χ1) is 13.9. The molecule has 1 atom stereocenters. The van der Waals surface area contributed by atoms with Gasteiger partial charge in [0.1, 0.15) is 24.3 Å². The summed E-state index contributed by atoms with van der Waals surface area (Å²) in [5, 5.41) is 13.3. The van der Waals surface area contributed by atoms with Gasteiger partial charge in [-0.05, 0) is 48.9 Å². The van der Waals surface area contributed by atoms with Gasteiger partial charge in [0, 0.05) is 20.1 Å². The molecule has 2 rings (SSSR count). The molecule has 8 heteroatoms. The molecule has 2 aromatic rings. The number of rotatable bonds is 9. The molecule has 0 aliphatic heterocycles. The largest absolute Gasteiger partial charge is 0.494 e. The van der Waals surface area contributed by atoms with Crippen LogP contribution in [0.1, 0.15) is 12.5 Å². The fourth-order valence-electron chi connectivity index (χ4n) is 2.59. The predicted molar refractivity (Wildman–Crippen MR) is 108 cm³/mol. The van der Waals surface area contributed by atoms with Crippen molar-refractivity contribution >= 4 is 5.96 Å². The first kappa shape index (κ1) is 22.4. The van der Waals surface area contributed by atoms with E-state index in [-0.39, 0.29) is 24.7 Å². The van der Waals surface area contributed by atoms with Gasteiger partial charge >= 0.3 is 0 Å². The zero-order valence-corrected chi connectivity index (χ0v) is 16.9. The number of benzene rings is 2. The van der Waals surface area contributed by atoms with Crippen LogP contribution in [0.3, 0.4) is 0 Å². The highest BCUT2D eigenvalue weighted by atomic mass is 19.1. The van der Waals surface area contributed by atoms with Gasteiger partial charge in [0.05, 0.1) is 13.7 Å². The first-order valence-corrected chi connectivity index (χ1v) is 9.31. The van der Waals surface area contributed by atoms with Crippen molar-refractivity contribution in [1.82, 2.24) is 10.2 Å². The summed E-state index contributed by atoms with van der Waals surface area (Å²) < 4.78 is 37.2. The third kappa shape index (κ3) is 7.23. The van der Waals surface area contributed by atoms with E-state index in [9.17, 15) is 13.9 Å². The van der Waals surface area contributed by atoms with Crippen molar-refractivity contribution in [3.05, 3.63) is 59.7 Å². The molecular formula is C21H27F2N3O3. The van der Waals surface area contributed by atoms with Crippen molar-refractivity contribution in [3.8, 4) is 11.5 Å². The van der Waals surface area contributed by atoms with Crippen molar-refractivity contribution in [2.45, 2.75) is 19.6 Å². The molecule has 0 saturated carbocycles. The van der Waals surface area contributed by atoms with E-state index in [1.807, 2.05) is 18.9 Å². The Hall–Kier alpha value is -2.87. The van der Waals surface area contributed by atoms with Crippen molar-refractivity contribution < 1.29 is 23.4 Å². The van der Waals surface area contributed by atoms with Crippen LogP contribution < -0.4 is 14.8 Å². The highest BCUT2D eigenvalue weighted by Gasteiger charge is 2.11. The van der Waals surface area contributed by atoms with E-state index in [1.54, 1.807) is 12.1 Å². The molecule has 0 heterocycles. The number of aliphatic hydroxyl groups is 1. The third-order valence-electron chi connectivity index (χ3n) is 4.04. The number of nitrogens with one attached hydrogen (secondary N) is 1. The molecule has 0 fully saturated rings. The average Bonchev–Trinajstić information content (AvgIpc) is 2.70. The van der Waals surface area contributed by atoms with Crippen LogP contribution in [-0.2, 0) is 6.54 Å². The molecule has 6 nitrogen and oxygen atoms in total. The number of methoxy groups -OCH3 is 1. The van der Waals surface area contributed by atoms with E-state index in [4.69, 9.17) is 9.47 Å². The summed E-state index contributed by atoms with van der Waals surface area (Å²) in [6.07, 6.45) is -0.833. The molecule has 0 radical (unpaired) electrons. The fourth-order valence-corrected chi connectivity index (χ4v) is 2.59. The quantitative estimate of drug-likeness (QED) is 0.494. The minimum atomic E-state index is -0.833. The van der Waals surface area contributed by atoms with Crippen LogP contribution in [0.2, 0.25) is 0 Å². The third-order valence-corrected chi connectivity index (χ3v) is 4.04. The lowest BCUT2D eigenvalue weighted by Crippen LogP contribution is -2.39. The second-order valence-corrected chi connectivity index (χ2v) is 6.44. The molecule has 0 aliphatic rings. The molecule has 0 aromatic heterocycles. The average molecular weight is 407 g/mol. The maximum Gasteiger partial charge on any atom is 0.194 e. The molecule has 0 bridgehead atoms. The smallest absolute Gasteiger partial charge is 0.194 e. The van der Waals surface area contributed by atoms with E-state index in [0.717, 1.165) is 5.56 Å². The van der Waals surface area contributed by atoms with E-state index in [1.165, 1.54) is 37.4 Å². The van der Waals surface area contributed by atoms with Crippen LogP contribution >= 0.6 is 0 Å². The Labute approximate surface area is 169 Å². The number of aliphatic hydroxyl groups excluding tert-OH is 1. The van der Waals surface area contributed by atoms with Crippen LogP contribution in [0, 0.1) is 11.6 Å². The number of aliphatic imine (C=N–C) groups is 1. The Morgan fingerprint density at radius 1 is 1.21 bits per heavy atom. The summed E-state index contributed by atoms with van der Waals surface area (Å²) in [4.78, 5) is 6.25. The summed E-state index contributed by atoms with van der Waals surface area (Å²) in [7, 11) is 3.25. The molecule has 0 amide bonds. The Morgan fingerprint density at radius 2 is 1.93 bits per heavy atom. The van der Waals surface area contributed by atoms with Crippen LogP contribution in [0.15, 0.2) is 47.5 Å². The Kier molecular flexibility index (Phi) is 8.67. The zero-order valence-electron chi connectivity index (χ0n) is 16.9. The normalized spacial score (nSPS) is 12.4. The molecule has 29 heavy (non-hydrogen) atoms. The number of hydrogen-bond acceptors (Lipinski definition) is 4. The number of ether oxygens (including phenoxy) is 2. The van der Waals surface area contributed by atoms with Crippen LogP contribution in [0.5, 0.6) is 11.5 Å². The van der Waals surface area contributed by atoms with Gasteiger partial charge in [0.2, 0.25) is 0 Å². The molecule has 1 unspecified atom stereocenters. The summed E-state index contributed by atoms with van der Waals surface area (Å²) in [5.41, 5.74) is 0.761. The lowest BCUT2D eigenvalue weighted by Gasteiger charge is -2.23. The summed E-state index contributed by atoms with van der Waals surface area (Å²) in [5.74, 6) is 0.470. The van der Waals surface area contributed by atoms with Gasteiger partial charge in [-0.3, -0.25) is 4.99 Å². The summed E-state index contributed by atoms with van der Waals surface area (Å²) in [6.45, 7) is 3.15. The van der Waals surface area contributed by atoms with Gasteiger partial charge in [0.25, 0.3) is 0 Å². The maximum atomic E-state index is 13.9. The van der Waals surface area contributed by atoms with Gasteiger partial charge in [-0.15, -0.1) is 0 Å². The topological polar surface area (TPSA) is 66.3 Å². The van der Waals surface area contributed by atoms with Gasteiger partial charge in [-0.2, -0.15) is 0 Å². The van der Waals surface area contributed by atoms with Crippen LogP contribution in [0.4, 0.5) is 8.78 Å². The summed E-state index contributed by atoms with van der Waals surface area (Å²) >= 11 is 0. The molecule has 158 valence electrons. The van der Waals surface area contributed by atoms with Gasteiger partial charge in [-0.25, -0.2) is 8.78 Å². The molecule has 0 saturated heterocycles. The van der Waals surface area contributed by atoms with Crippen molar-refractivity contribution in [1.29, 1.82) is 0 Å². The van der Waals surface area contributed by atoms with Crippen LogP contribution in [0.25, 0.3) is 0 Å². The molecular weight excluding hydrogens is 380 g/mol. The number of hydrogen-bond donors (Lipinski definition) is 2. The van der Waals surface area contributed by atoms with E-state index in [2.05, 4.69) is 10.3 Å². The van der Waals surface area contributed by atoms with Crippen molar-refractivity contribution in [3.63, 3.8) is 0 Å². The van der Waals surface area contributed by atoms with E-state index >= 15 is 0 Å². The number of guanidine groups is 1. The Bertz CT molecular complexity index is 800. The Balaban J connectivity index is 1.93. The lowest BCUT2D eigenvalue weighted by molar-refractivity contribution is 0.114. The second kappa shape index (κ2) is 11.2. The standard InChI is InChI=1S/C21H27F2N3O3/c1-4-24-21(26(2)13-15-5-10-20(28-3)19(23)11-15)25-12-17(27)14-29-18-8-6-16(22)7-9-18/h5-11,17,27H,4,12-14H2,1-3H3,(H,24,25). The van der Waals surface area contributed by atoms with Gasteiger partial charge < -0.3 is 24.8 Å². The van der Waals surface area contributed by atoms with Gasteiger partial charge in [-0.1, -0.05) is 6.07 Å².